The van der Waals surface area contributed by atoms with Crippen LogP contribution in [0.15, 0.2) is 42.7 Å². The summed E-state index contributed by atoms with van der Waals surface area (Å²) >= 11 is 6.00. The molecule has 3 nitrogen and oxygen atoms in total. The van der Waals surface area contributed by atoms with Crippen LogP contribution in [0, 0.1) is 5.82 Å². The Labute approximate surface area is 127 Å². The molecule has 1 atom stereocenters. The van der Waals surface area contributed by atoms with Gasteiger partial charge in [-0.05, 0) is 30.2 Å². The molecule has 21 heavy (non-hydrogen) atoms. The standard InChI is InChI=1S/C16H14ClFN2O/c17-13-3-1-2-11(8-13)12-5-7-20(10-12)16(21)14-4-6-19-9-15(14)18/h1-4,6,8-9,12H,5,7,10H2/t12-/m0/s1. The van der Waals surface area contributed by atoms with Gasteiger partial charge in [0.2, 0.25) is 0 Å². The summed E-state index contributed by atoms with van der Waals surface area (Å²) in [4.78, 5) is 17.7. The second kappa shape index (κ2) is 5.82. The summed E-state index contributed by atoms with van der Waals surface area (Å²) in [5.74, 6) is -0.606. The van der Waals surface area contributed by atoms with E-state index in [4.69, 9.17) is 11.6 Å². The third kappa shape index (κ3) is 2.90. The number of rotatable bonds is 2. The zero-order chi connectivity index (χ0) is 14.8. The average Bonchev–Trinajstić information content (AvgIpc) is 2.97. The molecule has 1 fully saturated rings. The number of nitrogens with zero attached hydrogens (tertiary/aromatic N) is 2. The second-order valence-electron chi connectivity index (χ2n) is 5.15. The molecule has 5 heteroatoms. The molecule has 2 aromatic rings. The molecular weight excluding hydrogens is 291 g/mol. The Morgan fingerprint density at radius 3 is 3.00 bits per heavy atom. The minimum atomic E-state index is -0.575. The molecule has 0 radical (unpaired) electrons. The average molecular weight is 305 g/mol. The van der Waals surface area contributed by atoms with Crippen molar-refractivity contribution in [1.82, 2.24) is 9.88 Å². The number of amides is 1. The monoisotopic (exact) mass is 304 g/mol. The highest BCUT2D eigenvalue weighted by Crippen LogP contribution is 2.29. The number of hydrogen-bond acceptors (Lipinski definition) is 2. The lowest BCUT2D eigenvalue weighted by Gasteiger charge is -2.17. The van der Waals surface area contributed by atoms with Crippen LogP contribution in [0.4, 0.5) is 4.39 Å². The normalized spacial score (nSPS) is 18.0. The third-order valence-electron chi connectivity index (χ3n) is 3.80. The predicted molar refractivity (Wildman–Crippen MR) is 78.9 cm³/mol. The number of likely N-dealkylation sites (tertiary alicyclic amines) is 1. The Bertz CT molecular complexity index is 677. The van der Waals surface area contributed by atoms with E-state index in [0.29, 0.717) is 18.1 Å². The summed E-state index contributed by atoms with van der Waals surface area (Å²) in [7, 11) is 0. The van der Waals surface area contributed by atoms with Crippen molar-refractivity contribution in [1.29, 1.82) is 0 Å². The van der Waals surface area contributed by atoms with Gasteiger partial charge in [0.05, 0.1) is 11.8 Å². The summed E-state index contributed by atoms with van der Waals surface area (Å²) < 4.78 is 13.6. The van der Waals surface area contributed by atoms with Crippen LogP contribution in [0.5, 0.6) is 0 Å². The zero-order valence-corrected chi connectivity index (χ0v) is 12.1. The van der Waals surface area contributed by atoms with Crippen LogP contribution in [0.25, 0.3) is 0 Å². The fourth-order valence-electron chi connectivity index (χ4n) is 2.70. The lowest BCUT2D eigenvalue weighted by molar-refractivity contribution is 0.0786. The Hall–Kier alpha value is -1.94. The van der Waals surface area contributed by atoms with Gasteiger partial charge in [0.15, 0.2) is 5.82 Å². The lowest BCUT2D eigenvalue weighted by Crippen LogP contribution is -2.29. The van der Waals surface area contributed by atoms with Gasteiger partial charge in [-0.25, -0.2) is 4.39 Å². The van der Waals surface area contributed by atoms with Gasteiger partial charge in [0.25, 0.3) is 5.91 Å². The number of benzene rings is 1. The van der Waals surface area contributed by atoms with Crippen molar-refractivity contribution in [3.63, 3.8) is 0 Å². The van der Waals surface area contributed by atoms with Crippen molar-refractivity contribution in [2.24, 2.45) is 0 Å². The van der Waals surface area contributed by atoms with Crippen LogP contribution in [0.2, 0.25) is 5.02 Å². The van der Waals surface area contributed by atoms with E-state index in [1.165, 1.54) is 12.3 Å². The molecule has 1 amide bonds. The quantitative estimate of drug-likeness (QED) is 0.850. The number of pyridine rings is 1. The van der Waals surface area contributed by atoms with E-state index < -0.39 is 5.82 Å². The molecule has 0 unspecified atom stereocenters. The van der Waals surface area contributed by atoms with Crippen molar-refractivity contribution < 1.29 is 9.18 Å². The van der Waals surface area contributed by atoms with Crippen molar-refractivity contribution in [3.05, 3.63) is 64.7 Å². The maximum Gasteiger partial charge on any atom is 0.256 e. The first-order chi connectivity index (χ1) is 10.1. The summed E-state index contributed by atoms with van der Waals surface area (Å²) in [5.41, 5.74) is 1.20. The van der Waals surface area contributed by atoms with Crippen molar-refractivity contribution in [2.45, 2.75) is 12.3 Å². The van der Waals surface area contributed by atoms with Crippen molar-refractivity contribution in [2.75, 3.05) is 13.1 Å². The molecule has 1 aromatic carbocycles. The Kier molecular flexibility index (Phi) is 3.88. The number of aromatic nitrogens is 1. The highest BCUT2D eigenvalue weighted by Gasteiger charge is 2.29. The smallest absolute Gasteiger partial charge is 0.256 e. The van der Waals surface area contributed by atoms with Gasteiger partial charge in [-0.1, -0.05) is 23.7 Å². The summed E-state index contributed by atoms with van der Waals surface area (Å²) in [6.45, 7) is 1.21. The van der Waals surface area contributed by atoms with Gasteiger partial charge in [-0.2, -0.15) is 0 Å². The second-order valence-corrected chi connectivity index (χ2v) is 5.58. The Morgan fingerprint density at radius 1 is 1.38 bits per heavy atom. The summed E-state index contributed by atoms with van der Waals surface area (Å²) in [6, 6.07) is 9.09. The van der Waals surface area contributed by atoms with E-state index in [-0.39, 0.29) is 17.4 Å². The Morgan fingerprint density at radius 2 is 2.24 bits per heavy atom. The summed E-state index contributed by atoms with van der Waals surface area (Å²) in [6.07, 6.45) is 3.36. The van der Waals surface area contributed by atoms with Gasteiger partial charge >= 0.3 is 0 Å². The van der Waals surface area contributed by atoms with Crippen LogP contribution in [-0.2, 0) is 0 Å². The first-order valence-electron chi connectivity index (χ1n) is 6.79. The Balaban J connectivity index is 1.75. The lowest BCUT2D eigenvalue weighted by atomic mass is 9.99. The zero-order valence-electron chi connectivity index (χ0n) is 11.3. The number of carbonyl (C=O) groups excluding carboxylic acids is 1. The van der Waals surface area contributed by atoms with Crippen LogP contribution >= 0.6 is 11.6 Å². The molecule has 1 aliphatic heterocycles. The van der Waals surface area contributed by atoms with E-state index in [1.807, 2.05) is 24.3 Å². The number of halogens is 2. The van der Waals surface area contributed by atoms with Gasteiger partial charge < -0.3 is 4.90 Å². The predicted octanol–water partition coefficient (Wildman–Crippen LogP) is 3.50. The molecule has 1 aromatic heterocycles. The van der Waals surface area contributed by atoms with Gasteiger partial charge in [-0.15, -0.1) is 0 Å². The fraction of sp³-hybridized carbons (Fsp3) is 0.250. The van der Waals surface area contributed by atoms with Gasteiger partial charge in [0, 0.05) is 30.2 Å². The molecule has 0 aliphatic carbocycles. The molecule has 108 valence electrons. The van der Waals surface area contributed by atoms with Crippen molar-refractivity contribution >= 4 is 17.5 Å². The molecular formula is C16H14ClFN2O. The molecule has 0 bridgehead atoms. The molecule has 0 spiro atoms. The van der Waals surface area contributed by atoms with Gasteiger partial charge in [0.1, 0.15) is 0 Å². The minimum absolute atomic E-state index is 0.0803. The highest BCUT2D eigenvalue weighted by molar-refractivity contribution is 6.30. The molecule has 2 heterocycles. The molecule has 1 saturated heterocycles. The van der Waals surface area contributed by atoms with Crippen LogP contribution in [-0.4, -0.2) is 28.9 Å². The SMILES string of the molecule is O=C(c1ccncc1F)N1CC[C@H](c2cccc(Cl)c2)C1. The maximum atomic E-state index is 13.6. The van der Waals surface area contributed by atoms with E-state index in [2.05, 4.69) is 4.98 Å². The fourth-order valence-corrected chi connectivity index (χ4v) is 2.90. The largest absolute Gasteiger partial charge is 0.338 e. The number of carbonyl (C=O) groups is 1. The maximum absolute atomic E-state index is 13.6. The van der Waals surface area contributed by atoms with E-state index >= 15 is 0 Å². The van der Waals surface area contributed by atoms with E-state index in [9.17, 15) is 9.18 Å². The molecule has 3 rings (SSSR count). The van der Waals surface area contributed by atoms with Crippen molar-refractivity contribution in [3.8, 4) is 0 Å². The van der Waals surface area contributed by atoms with E-state index in [0.717, 1.165) is 18.2 Å². The summed E-state index contributed by atoms with van der Waals surface area (Å²) in [5, 5.41) is 0.692. The van der Waals surface area contributed by atoms with Gasteiger partial charge in [-0.3, -0.25) is 9.78 Å². The molecule has 1 aliphatic rings. The topological polar surface area (TPSA) is 33.2 Å². The minimum Gasteiger partial charge on any atom is -0.338 e. The van der Waals surface area contributed by atoms with Crippen LogP contribution in [0.3, 0.4) is 0 Å². The highest BCUT2D eigenvalue weighted by atomic mass is 35.5. The van der Waals surface area contributed by atoms with Crippen LogP contribution in [0.1, 0.15) is 28.3 Å². The third-order valence-corrected chi connectivity index (χ3v) is 4.03. The first-order valence-corrected chi connectivity index (χ1v) is 7.17. The molecule has 0 N–H and O–H groups in total. The first kappa shape index (κ1) is 14.0. The number of hydrogen-bond donors (Lipinski definition) is 0. The molecule has 0 saturated carbocycles. The van der Waals surface area contributed by atoms with Crippen LogP contribution < -0.4 is 0 Å². The van der Waals surface area contributed by atoms with E-state index in [1.54, 1.807) is 4.90 Å².